The third-order valence-corrected chi connectivity index (χ3v) is 4.64. The predicted molar refractivity (Wildman–Crippen MR) is 84.8 cm³/mol. The average Bonchev–Trinajstić information content (AvgIpc) is 3.09. The van der Waals surface area contributed by atoms with E-state index >= 15 is 0 Å². The molecule has 0 bridgehead atoms. The monoisotopic (exact) mass is 302 g/mol. The summed E-state index contributed by atoms with van der Waals surface area (Å²) in [6, 6.07) is 9.78. The van der Waals surface area contributed by atoms with E-state index in [2.05, 4.69) is 11.9 Å². The van der Waals surface area contributed by atoms with Gasteiger partial charge in [-0.2, -0.15) is 0 Å². The molecule has 1 atom stereocenters. The molecule has 1 fully saturated rings. The molecular weight excluding hydrogens is 284 g/mol. The summed E-state index contributed by atoms with van der Waals surface area (Å²) in [6.07, 6.45) is 1.27. The number of hydrogen-bond acceptors (Lipinski definition) is 4. The lowest BCUT2D eigenvalue weighted by atomic mass is 10.1. The smallest absolute Gasteiger partial charge is 0.249 e. The Morgan fingerprint density at radius 3 is 2.90 bits per heavy atom. The molecule has 1 amide bonds. The number of likely N-dealkylation sites (N-methyl/N-ethyl adjacent to an activating group) is 1. The van der Waals surface area contributed by atoms with Crippen molar-refractivity contribution < 1.29 is 9.53 Å². The van der Waals surface area contributed by atoms with Crippen molar-refractivity contribution in [1.29, 1.82) is 0 Å². The minimum atomic E-state index is -0.395. The van der Waals surface area contributed by atoms with Gasteiger partial charge in [0.05, 0.1) is 5.56 Å². The van der Waals surface area contributed by atoms with E-state index < -0.39 is 5.91 Å². The largest absolute Gasteiger partial charge is 0.488 e. The molecule has 1 aliphatic rings. The zero-order valence-electron chi connectivity index (χ0n) is 11.9. The topological polar surface area (TPSA) is 55.6 Å². The van der Waals surface area contributed by atoms with Gasteiger partial charge in [-0.3, -0.25) is 4.79 Å². The fourth-order valence-corrected chi connectivity index (χ4v) is 3.48. The second-order valence-electron chi connectivity index (χ2n) is 5.35. The second-order valence-corrected chi connectivity index (χ2v) is 6.26. The number of ether oxygens (including phenoxy) is 1. The number of primary amides is 1. The van der Waals surface area contributed by atoms with Crippen LogP contribution in [0, 0.1) is 0 Å². The highest BCUT2D eigenvalue weighted by Gasteiger charge is 2.22. The van der Waals surface area contributed by atoms with Crippen molar-refractivity contribution in [3.8, 4) is 16.2 Å². The number of rotatable bonds is 4. The molecule has 2 N–H and O–H groups in total. The van der Waals surface area contributed by atoms with Crippen LogP contribution in [0.25, 0.3) is 10.4 Å². The number of benzene rings is 1. The van der Waals surface area contributed by atoms with Crippen LogP contribution in [0.4, 0.5) is 0 Å². The van der Waals surface area contributed by atoms with Crippen molar-refractivity contribution in [2.75, 3.05) is 20.1 Å². The van der Waals surface area contributed by atoms with Gasteiger partial charge in [0.15, 0.2) is 0 Å². The van der Waals surface area contributed by atoms with Crippen LogP contribution in [0.5, 0.6) is 5.75 Å². The van der Waals surface area contributed by atoms with Gasteiger partial charge in [-0.15, -0.1) is 11.3 Å². The first-order chi connectivity index (χ1) is 10.1. The first kappa shape index (κ1) is 14.1. The van der Waals surface area contributed by atoms with E-state index in [1.165, 1.54) is 11.3 Å². The average molecular weight is 302 g/mol. The summed E-state index contributed by atoms with van der Waals surface area (Å²) in [5.74, 6) is 0.476. The summed E-state index contributed by atoms with van der Waals surface area (Å²) in [5.41, 5.74) is 6.89. The first-order valence-corrected chi connectivity index (χ1v) is 7.84. The molecule has 1 unspecified atom stereocenters. The van der Waals surface area contributed by atoms with Crippen LogP contribution in [0.3, 0.4) is 0 Å². The summed E-state index contributed by atoms with van der Waals surface area (Å²) in [7, 11) is 2.10. The number of likely N-dealkylation sites (tertiary alicyclic amines) is 1. The normalized spacial score (nSPS) is 18.8. The van der Waals surface area contributed by atoms with Crippen LogP contribution >= 0.6 is 11.3 Å². The molecule has 5 heteroatoms. The molecule has 1 saturated heterocycles. The standard InChI is InChI=1S/C16H18N2O2S/c1-18-7-6-12(9-18)20-14-5-3-2-4-13(14)15-8-11(10-21-15)16(17)19/h2-5,8,10,12H,6-7,9H2,1H3,(H2,17,19). The number of thiophene rings is 1. The highest BCUT2D eigenvalue weighted by molar-refractivity contribution is 7.13. The number of hydrogen-bond donors (Lipinski definition) is 1. The van der Waals surface area contributed by atoms with Crippen LogP contribution in [-0.4, -0.2) is 37.0 Å². The molecule has 3 rings (SSSR count). The third kappa shape index (κ3) is 3.09. The summed E-state index contributed by atoms with van der Waals surface area (Å²) >= 11 is 1.51. The zero-order chi connectivity index (χ0) is 14.8. The van der Waals surface area contributed by atoms with Crippen LogP contribution in [0.1, 0.15) is 16.8 Å². The summed E-state index contributed by atoms with van der Waals surface area (Å²) in [6.45, 7) is 2.02. The maximum atomic E-state index is 11.2. The highest BCUT2D eigenvalue weighted by Crippen LogP contribution is 2.35. The molecule has 2 aromatic rings. The Hall–Kier alpha value is -1.85. The minimum absolute atomic E-state index is 0.228. The molecule has 1 aliphatic heterocycles. The van der Waals surface area contributed by atoms with Gasteiger partial charge in [-0.25, -0.2) is 0 Å². The number of carbonyl (C=O) groups is 1. The van der Waals surface area contributed by atoms with E-state index in [-0.39, 0.29) is 6.10 Å². The van der Waals surface area contributed by atoms with E-state index in [4.69, 9.17) is 10.5 Å². The van der Waals surface area contributed by atoms with Gasteiger partial charge in [-0.05, 0) is 31.7 Å². The maximum Gasteiger partial charge on any atom is 0.249 e. The Bertz CT molecular complexity index is 653. The molecule has 1 aromatic carbocycles. The number of carbonyl (C=O) groups excluding carboxylic acids is 1. The second kappa shape index (κ2) is 5.87. The Kier molecular flexibility index (Phi) is 3.94. The number of para-hydroxylation sites is 1. The van der Waals surface area contributed by atoms with Gasteiger partial charge in [0, 0.05) is 28.9 Å². The van der Waals surface area contributed by atoms with Gasteiger partial charge < -0.3 is 15.4 Å². The Balaban J connectivity index is 1.86. The Labute approximate surface area is 128 Å². The fourth-order valence-electron chi connectivity index (χ4n) is 2.55. The fraction of sp³-hybridized carbons (Fsp3) is 0.312. The molecule has 1 aromatic heterocycles. The van der Waals surface area contributed by atoms with Crippen LogP contribution in [-0.2, 0) is 0 Å². The molecule has 0 spiro atoms. The molecule has 2 heterocycles. The van der Waals surface area contributed by atoms with Gasteiger partial charge in [0.25, 0.3) is 0 Å². The molecule has 21 heavy (non-hydrogen) atoms. The minimum Gasteiger partial charge on any atom is -0.488 e. The molecular formula is C16H18N2O2S. The van der Waals surface area contributed by atoms with Crippen LogP contribution in [0.15, 0.2) is 35.7 Å². The quantitative estimate of drug-likeness (QED) is 0.944. The van der Waals surface area contributed by atoms with Gasteiger partial charge in [0.1, 0.15) is 11.9 Å². The van der Waals surface area contributed by atoms with E-state index in [9.17, 15) is 4.79 Å². The van der Waals surface area contributed by atoms with Crippen molar-refractivity contribution in [3.63, 3.8) is 0 Å². The highest BCUT2D eigenvalue weighted by atomic mass is 32.1. The van der Waals surface area contributed by atoms with Crippen molar-refractivity contribution in [1.82, 2.24) is 4.90 Å². The predicted octanol–water partition coefficient (Wildman–Crippen LogP) is 2.60. The number of amides is 1. The van der Waals surface area contributed by atoms with E-state index in [1.807, 2.05) is 30.3 Å². The summed E-state index contributed by atoms with van der Waals surface area (Å²) in [5, 5.41) is 1.79. The van der Waals surface area contributed by atoms with Crippen LogP contribution in [0.2, 0.25) is 0 Å². The van der Waals surface area contributed by atoms with Crippen LogP contribution < -0.4 is 10.5 Å². The third-order valence-electron chi connectivity index (χ3n) is 3.68. The lowest BCUT2D eigenvalue weighted by Gasteiger charge is -2.16. The van der Waals surface area contributed by atoms with Crippen molar-refractivity contribution in [3.05, 3.63) is 41.3 Å². The molecule has 0 aliphatic carbocycles. The maximum absolute atomic E-state index is 11.2. The lowest BCUT2D eigenvalue weighted by molar-refractivity contribution is 0.100. The van der Waals surface area contributed by atoms with Crippen molar-refractivity contribution in [2.45, 2.75) is 12.5 Å². The van der Waals surface area contributed by atoms with E-state index in [0.29, 0.717) is 5.56 Å². The van der Waals surface area contributed by atoms with E-state index in [0.717, 1.165) is 35.7 Å². The van der Waals surface area contributed by atoms with Gasteiger partial charge in [0.2, 0.25) is 5.91 Å². The van der Waals surface area contributed by atoms with Gasteiger partial charge >= 0.3 is 0 Å². The molecule has 4 nitrogen and oxygen atoms in total. The Morgan fingerprint density at radius 1 is 1.43 bits per heavy atom. The summed E-state index contributed by atoms with van der Waals surface area (Å²) < 4.78 is 6.15. The summed E-state index contributed by atoms with van der Waals surface area (Å²) in [4.78, 5) is 14.5. The molecule has 0 saturated carbocycles. The molecule has 0 radical (unpaired) electrons. The first-order valence-electron chi connectivity index (χ1n) is 6.96. The lowest BCUT2D eigenvalue weighted by Crippen LogP contribution is -2.21. The number of nitrogens with zero attached hydrogens (tertiary/aromatic N) is 1. The zero-order valence-corrected chi connectivity index (χ0v) is 12.7. The van der Waals surface area contributed by atoms with Gasteiger partial charge in [-0.1, -0.05) is 12.1 Å². The molecule has 110 valence electrons. The van der Waals surface area contributed by atoms with E-state index in [1.54, 1.807) is 5.38 Å². The number of nitrogens with two attached hydrogens (primary N) is 1. The van der Waals surface area contributed by atoms with Crippen molar-refractivity contribution >= 4 is 17.2 Å². The Morgan fingerprint density at radius 2 is 2.24 bits per heavy atom. The SMILES string of the molecule is CN1CCC(Oc2ccccc2-c2cc(C(N)=O)cs2)C1. The van der Waals surface area contributed by atoms with Crippen molar-refractivity contribution in [2.24, 2.45) is 5.73 Å².